The number of ketones is 1. The van der Waals surface area contributed by atoms with Gasteiger partial charge in [0, 0.05) is 25.5 Å². The number of fused-ring (bicyclic) bond motifs is 1. The van der Waals surface area contributed by atoms with Crippen LogP contribution < -0.4 is 4.90 Å². The number of amides is 1. The van der Waals surface area contributed by atoms with Gasteiger partial charge < -0.3 is 9.47 Å². The standard InChI is InChI=1S/C14H12ClN3O2/c15-11-4-1-3-10-12(11)18(14(20)13(10)19)7-2-6-17-8-5-16-9-17/h1,3-5,8-9H,2,6-7H2. The lowest BCUT2D eigenvalue weighted by Gasteiger charge is -2.17. The van der Waals surface area contributed by atoms with Gasteiger partial charge in [-0.1, -0.05) is 17.7 Å². The number of nitrogens with zero attached hydrogens (tertiary/aromatic N) is 3. The van der Waals surface area contributed by atoms with E-state index < -0.39 is 11.7 Å². The van der Waals surface area contributed by atoms with Gasteiger partial charge in [-0.25, -0.2) is 4.98 Å². The van der Waals surface area contributed by atoms with Crippen LogP contribution in [0, 0.1) is 0 Å². The van der Waals surface area contributed by atoms with Crippen LogP contribution in [-0.4, -0.2) is 27.8 Å². The largest absolute Gasteiger partial charge is 0.337 e. The van der Waals surface area contributed by atoms with Crippen LogP contribution in [0.2, 0.25) is 5.02 Å². The Bertz CT molecular complexity index is 667. The predicted octanol–water partition coefficient (Wildman–Crippen LogP) is 2.16. The van der Waals surface area contributed by atoms with Crippen molar-refractivity contribution in [3.63, 3.8) is 0 Å². The second kappa shape index (κ2) is 5.09. The highest BCUT2D eigenvalue weighted by Gasteiger charge is 2.36. The number of hydrogen-bond donors (Lipinski definition) is 0. The first-order chi connectivity index (χ1) is 9.68. The topological polar surface area (TPSA) is 55.2 Å². The Balaban J connectivity index is 1.77. The number of rotatable bonds is 4. The van der Waals surface area contributed by atoms with Crippen LogP contribution in [-0.2, 0) is 11.3 Å². The highest BCUT2D eigenvalue weighted by atomic mass is 35.5. The fraction of sp³-hybridized carbons (Fsp3) is 0.214. The number of halogens is 1. The van der Waals surface area contributed by atoms with E-state index in [9.17, 15) is 9.59 Å². The molecule has 102 valence electrons. The second-order valence-electron chi connectivity index (χ2n) is 4.58. The van der Waals surface area contributed by atoms with Crippen LogP contribution in [0.5, 0.6) is 0 Å². The Morgan fingerprint density at radius 3 is 2.80 bits per heavy atom. The number of para-hydroxylation sites is 1. The molecule has 0 saturated heterocycles. The van der Waals surface area contributed by atoms with Gasteiger partial charge in [-0.05, 0) is 18.6 Å². The predicted molar refractivity (Wildman–Crippen MR) is 75.0 cm³/mol. The van der Waals surface area contributed by atoms with Gasteiger partial charge in [0.1, 0.15) is 0 Å². The molecule has 0 spiro atoms. The van der Waals surface area contributed by atoms with Gasteiger partial charge in [0.2, 0.25) is 0 Å². The minimum atomic E-state index is -0.501. The van der Waals surface area contributed by atoms with Crippen molar-refractivity contribution in [2.75, 3.05) is 11.4 Å². The highest BCUT2D eigenvalue weighted by molar-refractivity contribution is 6.54. The van der Waals surface area contributed by atoms with Gasteiger partial charge in [0.05, 0.1) is 22.6 Å². The van der Waals surface area contributed by atoms with Gasteiger partial charge in [-0.15, -0.1) is 0 Å². The number of aromatic nitrogens is 2. The van der Waals surface area contributed by atoms with Crippen molar-refractivity contribution in [2.45, 2.75) is 13.0 Å². The average Bonchev–Trinajstić information content (AvgIpc) is 3.03. The summed E-state index contributed by atoms with van der Waals surface area (Å²) in [5.41, 5.74) is 0.930. The molecule has 5 nitrogen and oxygen atoms in total. The summed E-state index contributed by atoms with van der Waals surface area (Å²) in [6.07, 6.45) is 6.01. The molecule has 2 aromatic rings. The van der Waals surface area contributed by atoms with Gasteiger partial charge in [-0.2, -0.15) is 0 Å². The summed E-state index contributed by atoms with van der Waals surface area (Å²) in [5.74, 6) is -0.983. The number of aryl methyl sites for hydroxylation is 1. The maximum Gasteiger partial charge on any atom is 0.299 e. The summed E-state index contributed by atoms with van der Waals surface area (Å²) in [7, 11) is 0. The summed E-state index contributed by atoms with van der Waals surface area (Å²) in [4.78, 5) is 29.3. The lowest BCUT2D eigenvalue weighted by molar-refractivity contribution is -0.114. The fourth-order valence-corrected chi connectivity index (χ4v) is 2.63. The number of benzene rings is 1. The van der Waals surface area contributed by atoms with E-state index in [0.29, 0.717) is 22.8 Å². The van der Waals surface area contributed by atoms with Crippen molar-refractivity contribution in [3.05, 3.63) is 47.5 Å². The van der Waals surface area contributed by atoms with Crippen molar-refractivity contribution in [3.8, 4) is 0 Å². The molecule has 1 aromatic heterocycles. The van der Waals surface area contributed by atoms with Crippen molar-refractivity contribution in [1.29, 1.82) is 0 Å². The third-order valence-electron chi connectivity index (χ3n) is 3.30. The van der Waals surface area contributed by atoms with E-state index in [1.165, 1.54) is 4.90 Å². The lowest BCUT2D eigenvalue weighted by atomic mass is 10.1. The first kappa shape index (κ1) is 12.9. The van der Waals surface area contributed by atoms with Crippen LogP contribution in [0.15, 0.2) is 36.9 Å². The molecule has 0 unspecified atom stereocenters. The first-order valence-corrected chi connectivity index (χ1v) is 6.67. The molecule has 0 N–H and O–H groups in total. The molecule has 0 aliphatic carbocycles. The molecule has 0 saturated carbocycles. The Kier molecular flexibility index (Phi) is 3.28. The van der Waals surface area contributed by atoms with Crippen LogP contribution in [0.4, 0.5) is 5.69 Å². The number of anilines is 1. The molecule has 3 rings (SSSR count). The molecule has 1 aromatic carbocycles. The lowest BCUT2D eigenvalue weighted by Crippen LogP contribution is -2.31. The molecule has 0 atom stereocenters. The Morgan fingerprint density at radius 2 is 2.05 bits per heavy atom. The summed E-state index contributed by atoms with van der Waals surface area (Å²) < 4.78 is 1.93. The van der Waals surface area contributed by atoms with Crippen LogP contribution >= 0.6 is 11.6 Å². The van der Waals surface area contributed by atoms with E-state index in [1.54, 1.807) is 30.7 Å². The molecule has 6 heteroatoms. The summed E-state index contributed by atoms with van der Waals surface area (Å²) in [6.45, 7) is 1.19. The monoisotopic (exact) mass is 289 g/mol. The normalized spacial score (nSPS) is 13.9. The van der Waals surface area contributed by atoms with Crippen molar-refractivity contribution in [1.82, 2.24) is 9.55 Å². The molecule has 1 aliphatic heterocycles. The van der Waals surface area contributed by atoms with E-state index in [-0.39, 0.29) is 0 Å². The van der Waals surface area contributed by atoms with E-state index >= 15 is 0 Å². The minimum absolute atomic E-state index is 0.394. The summed E-state index contributed by atoms with van der Waals surface area (Å²) in [6, 6.07) is 5.01. The summed E-state index contributed by atoms with van der Waals surface area (Å²) >= 11 is 6.11. The van der Waals surface area contributed by atoms with Crippen molar-refractivity contribution >= 4 is 29.0 Å². The van der Waals surface area contributed by atoms with Crippen LogP contribution in [0.1, 0.15) is 16.8 Å². The molecule has 20 heavy (non-hydrogen) atoms. The van der Waals surface area contributed by atoms with Gasteiger partial charge >= 0.3 is 0 Å². The Morgan fingerprint density at radius 1 is 1.20 bits per heavy atom. The Labute approximate surface area is 120 Å². The zero-order valence-corrected chi connectivity index (χ0v) is 11.4. The second-order valence-corrected chi connectivity index (χ2v) is 4.98. The van der Waals surface area contributed by atoms with E-state index in [0.717, 1.165) is 13.0 Å². The molecule has 1 amide bonds. The number of carbonyl (C=O) groups is 2. The van der Waals surface area contributed by atoms with Gasteiger partial charge in [0.25, 0.3) is 11.7 Å². The molecular formula is C14H12ClN3O2. The van der Waals surface area contributed by atoms with E-state index in [4.69, 9.17) is 11.6 Å². The summed E-state index contributed by atoms with van der Waals surface area (Å²) in [5, 5.41) is 0.435. The molecule has 0 fully saturated rings. The third-order valence-corrected chi connectivity index (χ3v) is 3.60. The highest BCUT2D eigenvalue weighted by Crippen LogP contribution is 2.35. The van der Waals surface area contributed by atoms with E-state index in [2.05, 4.69) is 4.98 Å². The SMILES string of the molecule is O=C1C(=O)N(CCCn2ccnc2)c2c(Cl)cccc21. The van der Waals surface area contributed by atoms with Gasteiger partial charge in [-0.3, -0.25) is 9.59 Å². The number of carbonyl (C=O) groups excluding carboxylic acids is 2. The number of hydrogen-bond acceptors (Lipinski definition) is 3. The molecular weight excluding hydrogens is 278 g/mol. The molecule has 0 bridgehead atoms. The zero-order valence-electron chi connectivity index (χ0n) is 10.6. The number of imidazole rings is 1. The van der Waals surface area contributed by atoms with Crippen LogP contribution in [0.25, 0.3) is 0 Å². The third kappa shape index (κ3) is 2.10. The molecule has 2 heterocycles. The zero-order chi connectivity index (χ0) is 14.1. The van der Waals surface area contributed by atoms with Crippen molar-refractivity contribution < 1.29 is 9.59 Å². The smallest absolute Gasteiger partial charge is 0.299 e. The van der Waals surface area contributed by atoms with E-state index in [1.807, 2.05) is 10.8 Å². The van der Waals surface area contributed by atoms with Crippen molar-refractivity contribution in [2.24, 2.45) is 0 Å². The van der Waals surface area contributed by atoms with Gasteiger partial charge in [0.15, 0.2) is 0 Å². The molecule has 0 radical (unpaired) electrons. The average molecular weight is 290 g/mol. The first-order valence-electron chi connectivity index (χ1n) is 6.29. The quantitative estimate of drug-likeness (QED) is 0.811. The maximum absolute atomic E-state index is 12.0. The minimum Gasteiger partial charge on any atom is -0.337 e. The molecule has 1 aliphatic rings. The maximum atomic E-state index is 12.0. The van der Waals surface area contributed by atoms with Crippen LogP contribution in [0.3, 0.4) is 0 Å². The Hall–Kier alpha value is -2.14. The number of Topliss-reactive ketones (excluding diaryl/α,β-unsaturated/α-hetero) is 1. The fourth-order valence-electron chi connectivity index (χ4n) is 2.36.